The van der Waals surface area contributed by atoms with Gasteiger partial charge in [0.25, 0.3) is 10.1 Å². The van der Waals surface area contributed by atoms with Crippen molar-refractivity contribution in [3.05, 3.63) is 29.8 Å². The highest BCUT2D eigenvalue weighted by Crippen LogP contribution is 2.18. The zero-order valence-electron chi connectivity index (χ0n) is 30.7. The first-order chi connectivity index (χ1) is 22.5. The summed E-state index contributed by atoms with van der Waals surface area (Å²) in [6.45, 7) is 2.30. The molecule has 1 aromatic carbocycles. The summed E-state index contributed by atoms with van der Waals surface area (Å²) in [4.78, 5) is -0.0208. The van der Waals surface area contributed by atoms with E-state index in [0.29, 0.717) is 0 Å². The number of rotatable bonds is 36. The minimum absolute atomic E-state index is 0.0208. The standard InChI is InChI=1S/C42H78O3S/c1-2-3-4-5-6-7-8-9-10-11-12-13-14-15-16-17-18-19-20-21-22-23-24-25-26-27-28-29-30-31-32-33-34-35-36-41-37-39-42(40-38-41)46(43,44)45/h37-40H,2-36H2,1H3,(H,43,44,45). The molecule has 1 aromatic rings. The van der Waals surface area contributed by atoms with Crippen molar-refractivity contribution in [3.8, 4) is 0 Å². The first kappa shape index (κ1) is 43.2. The smallest absolute Gasteiger partial charge is 0.282 e. The molecule has 3 nitrogen and oxygen atoms in total. The number of unbranched alkanes of at least 4 members (excludes halogenated alkanes) is 33. The summed E-state index contributed by atoms with van der Waals surface area (Å²) in [5.41, 5.74) is 1.14. The zero-order valence-corrected chi connectivity index (χ0v) is 31.5. The van der Waals surface area contributed by atoms with E-state index in [9.17, 15) is 8.42 Å². The van der Waals surface area contributed by atoms with E-state index in [1.165, 1.54) is 224 Å². The summed E-state index contributed by atoms with van der Waals surface area (Å²) in [7, 11) is -4.08. The second kappa shape index (κ2) is 32.7. The largest absolute Gasteiger partial charge is 0.294 e. The fourth-order valence-corrected chi connectivity index (χ4v) is 7.37. The molecule has 0 atom stereocenters. The van der Waals surface area contributed by atoms with Crippen LogP contribution in [0.4, 0.5) is 0 Å². The zero-order chi connectivity index (χ0) is 33.2. The van der Waals surface area contributed by atoms with E-state index in [0.717, 1.165) is 18.4 Å². The van der Waals surface area contributed by atoms with Gasteiger partial charge >= 0.3 is 0 Å². The predicted molar refractivity (Wildman–Crippen MR) is 203 cm³/mol. The second-order valence-corrected chi connectivity index (χ2v) is 16.0. The lowest BCUT2D eigenvalue weighted by Gasteiger charge is -2.05. The lowest BCUT2D eigenvalue weighted by molar-refractivity contribution is 0.483. The Morgan fingerprint density at radius 3 is 0.804 bits per heavy atom. The topological polar surface area (TPSA) is 54.4 Å². The predicted octanol–water partition coefficient (Wildman–Crippen LogP) is 14.8. The lowest BCUT2D eigenvalue weighted by Crippen LogP contribution is -1.98. The molecular weight excluding hydrogens is 585 g/mol. The molecule has 0 bridgehead atoms. The van der Waals surface area contributed by atoms with Crippen LogP contribution < -0.4 is 0 Å². The normalized spacial score (nSPS) is 11.9. The van der Waals surface area contributed by atoms with Crippen molar-refractivity contribution in [1.82, 2.24) is 0 Å². The Hall–Kier alpha value is -0.870. The van der Waals surface area contributed by atoms with E-state index in [4.69, 9.17) is 4.55 Å². The summed E-state index contributed by atoms with van der Waals surface area (Å²) in [5.74, 6) is 0. The molecule has 0 aliphatic heterocycles. The molecule has 0 radical (unpaired) electrons. The van der Waals surface area contributed by atoms with Gasteiger partial charge in [-0.15, -0.1) is 0 Å². The van der Waals surface area contributed by atoms with Crippen LogP contribution in [0.15, 0.2) is 29.2 Å². The molecule has 270 valence electrons. The van der Waals surface area contributed by atoms with Crippen molar-refractivity contribution >= 4 is 10.1 Å². The summed E-state index contributed by atoms with van der Waals surface area (Å²) < 4.78 is 31.3. The average Bonchev–Trinajstić information content (AvgIpc) is 3.04. The molecule has 0 aliphatic carbocycles. The quantitative estimate of drug-likeness (QED) is 0.0574. The molecule has 1 rings (SSSR count). The average molecular weight is 663 g/mol. The molecule has 46 heavy (non-hydrogen) atoms. The Kier molecular flexibility index (Phi) is 30.6. The Balaban J connectivity index is 1.67. The van der Waals surface area contributed by atoms with Crippen LogP contribution in [0, 0.1) is 0 Å². The van der Waals surface area contributed by atoms with Gasteiger partial charge in [-0.25, -0.2) is 0 Å². The van der Waals surface area contributed by atoms with E-state index in [2.05, 4.69) is 6.92 Å². The monoisotopic (exact) mass is 663 g/mol. The van der Waals surface area contributed by atoms with Crippen molar-refractivity contribution in [3.63, 3.8) is 0 Å². The van der Waals surface area contributed by atoms with Gasteiger partial charge in [0, 0.05) is 0 Å². The fraction of sp³-hybridized carbons (Fsp3) is 0.857. The minimum atomic E-state index is -4.08. The van der Waals surface area contributed by atoms with Gasteiger partial charge in [0.1, 0.15) is 0 Å². The number of hydrogen-bond acceptors (Lipinski definition) is 2. The SMILES string of the molecule is CCCCCCCCCCCCCCCCCCCCCCCCCCCCCCCCCCCCc1ccc(S(=O)(=O)O)cc1. The summed E-state index contributed by atoms with van der Waals surface area (Å²) in [6.07, 6.45) is 49.5. The van der Waals surface area contributed by atoms with Crippen molar-refractivity contribution in [1.29, 1.82) is 0 Å². The molecule has 0 heterocycles. The van der Waals surface area contributed by atoms with Crippen molar-refractivity contribution in [2.75, 3.05) is 0 Å². The van der Waals surface area contributed by atoms with Gasteiger partial charge in [-0.1, -0.05) is 231 Å². The summed E-state index contributed by atoms with van der Waals surface area (Å²) in [6, 6.07) is 6.61. The molecule has 0 spiro atoms. The lowest BCUT2D eigenvalue weighted by atomic mass is 10.0. The Bertz CT molecular complexity index is 848. The van der Waals surface area contributed by atoms with Crippen LogP contribution in [0.25, 0.3) is 0 Å². The van der Waals surface area contributed by atoms with Crippen LogP contribution in [0.5, 0.6) is 0 Å². The first-order valence-corrected chi connectivity index (χ1v) is 22.0. The number of benzene rings is 1. The van der Waals surface area contributed by atoms with Crippen molar-refractivity contribution in [2.24, 2.45) is 0 Å². The van der Waals surface area contributed by atoms with E-state index in [-0.39, 0.29) is 4.90 Å². The summed E-state index contributed by atoms with van der Waals surface area (Å²) >= 11 is 0. The van der Waals surface area contributed by atoms with Crippen LogP contribution in [0.3, 0.4) is 0 Å². The van der Waals surface area contributed by atoms with Crippen LogP contribution in [0.1, 0.15) is 231 Å². The van der Waals surface area contributed by atoms with Crippen LogP contribution in [0.2, 0.25) is 0 Å². The van der Waals surface area contributed by atoms with Gasteiger partial charge < -0.3 is 0 Å². The molecule has 0 aromatic heterocycles. The van der Waals surface area contributed by atoms with Gasteiger partial charge in [-0.05, 0) is 30.5 Å². The molecular formula is C42H78O3S. The third kappa shape index (κ3) is 29.3. The van der Waals surface area contributed by atoms with Gasteiger partial charge in [0.15, 0.2) is 0 Å². The van der Waals surface area contributed by atoms with E-state index < -0.39 is 10.1 Å². The first-order valence-electron chi connectivity index (χ1n) is 20.6. The number of hydrogen-bond donors (Lipinski definition) is 1. The highest BCUT2D eigenvalue weighted by molar-refractivity contribution is 7.85. The van der Waals surface area contributed by atoms with Gasteiger partial charge in [0.05, 0.1) is 4.90 Å². The van der Waals surface area contributed by atoms with Crippen molar-refractivity contribution in [2.45, 2.75) is 237 Å². The Morgan fingerprint density at radius 1 is 0.370 bits per heavy atom. The maximum absolute atomic E-state index is 11.1. The van der Waals surface area contributed by atoms with Crippen LogP contribution in [-0.4, -0.2) is 13.0 Å². The minimum Gasteiger partial charge on any atom is -0.282 e. The van der Waals surface area contributed by atoms with Gasteiger partial charge in [-0.3, -0.25) is 4.55 Å². The van der Waals surface area contributed by atoms with Gasteiger partial charge in [-0.2, -0.15) is 8.42 Å². The molecule has 0 amide bonds. The van der Waals surface area contributed by atoms with Crippen LogP contribution in [-0.2, 0) is 16.5 Å². The maximum Gasteiger partial charge on any atom is 0.294 e. The molecule has 0 aliphatic rings. The molecule has 1 N–H and O–H groups in total. The van der Waals surface area contributed by atoms with Crippen molar-refractivity contribution < 1.29 is 13.0 Å². The molecule has 0 saturated carbocycles. The third-order valence-corrected chi connectivity index (χ3v) is 10.9. The summed E-state index contributed by atoms with van der Waals surface area (Å²) in [5, 5.41) is 0. The highest BCUT2D eigenvalue weighted by Gasteiger charge is 2.08. The van der Waals surface area contributed by atoms with Crippen LogP contribution >= 0.6 is 0 Å². The van der Waals surface area contributed by atoms with E-state index >= 15 is 0 Å². The molecule has 0 fully saturated rings. The van der Waals surface area contributed by atoms with E-state index in [1.807, 2.05) is 12.1 Å². The second-order valence-electron chi connectivity index (χ2n) is 14.5. The molecule has 4 heteroatoms. The molecule has 0 saturated heterocycles. The fourth-order valence-electron chi connectivity index (χ4n) is 6.89. The Morgan fingerprint density at radius 2 is 0.587 bits per heavy atom. The number of aryl methyl sites for hydroxylation is 1. The maximum atomic E-state index is 11.1. The third-order valence-electron chi connectivity index (χ3n) is 10.0. The Labute approximate surface area is 288 Å². The highest BCUT2D eigenvalue weighted by atomic mass is 32.2. The van der Waals surface area contributed by atoms with Gasteiger partial charge in [0.2, 0.25) is 0 Å². The van der Waals surface area contributed by atoms with E-state index in [1.54, 1.807) is 0 Å². The molecule has 0 unspecified atom stereocenters.